The number of rotatable bonds is 2. The molecule has 19 heavy (non-hydrogen) atoms. The summed E-state index contributed by atoms with van der Waals surface area (Å²) in [5.74, 6) is -0.158. The van der Waals surface area contributed by atoms with Crippen molar-refractivity contribution in [3.63, 3.8) is 0 Å². The van der Waals surface area contributed by atoms with Crippen molar-refractivity contribution in [1.82, 2.24) is 15.5 Å². The summed E-state index contributed by atoms with van der Waals surface area (Å²) in [4.78, 5) is 25.1. The van der Waals surface area contributed by atoms with E-state index in [1.54, 1.807) is 4.90 Å². The van der Waals surface area contributed by atoms with Crippen molar-refractivity contribution in [3.8, 4) is 0 Å². The molecule has 2 rings (SSSR count). The fourth-order valence-corrected chi connectivity index (χ4v) is 2.52. The number of carbonyl (C=O) groups is 2. The van der Waals surface area contributed by atoms with Crippen LogP contribution in [0.15, 0.2) is 0 Å². The molecule has 0 aromatic rings. The van der Waals surface area contributed by atoms with Crippen LogP contribution in [0, 0.1) is 0 Å². The molecule has 2 amide bonds. The first-order chi connectivity index (χ1) is 8.91. The van der Waals surface area contributed by atoms with Crippen LogP contribution in [0.5, 0.6) is 0 Å². The summed E-state index contributed by atoms with van der Waals surface area (Å²) in [7, 11) is 0. The summed E-state index contributed by atoms with van der Waals surface area (Å²) < 4.78 is 5.67. The Balaban J connectivity index is 1.99. The standard InChI is InChI=1S/C12H21N3O4/c1-12(2)7-15(5-8(6-16)19-12)11(18)9-3-14-10(17)4-13-9/h8-9,13,16H,3-7H2,1-2H3,(H,14,17). The molecule has 2 aliphatic rings. The van der Waals surface area contributed by atoms with Gasteiger partial charge in [0.05, 0.1) is 24.9 Å². The monoisotopic (exact) mass is 271 g/mol. The molecule has 2 fully saturated rings. The lowest BCUT2D eigenvalue weighted by atomic mass is 10.0. The largest absolute Gasteiger partial charge is 0.394 e. The molecule has 0 aliphatic carbocycles. The van der Waals surface area contributed by atoms with Gasteiger partial charge >= 0.3 is 0 Å². The van der Waals surface area contributed by atoms with Gasteiger partial charge in [-0.3, -0.25) is 14.9 Å². The summed E-state index contributed by atoms with van der Waals surface area (Å²) in [5.41, 5.74) is -0.473. The smallest absolute Gasteiger partial charge is 0.241 e. The number of aliphatic hydroxyl groups is 1. The van der Waals surface area contributed by atoms with Gasteiger partial charge in [-0.05, 0) is 13.8 Å². The Labute approximate surface area is 112 Å². The minimum atomic E-state index is -0.473. The molecule has 7 heteroatoms. The third-order valence-corrected chi connectivity index (χ3v) is 3.31. The van der Waals surface area contributed by atoms with Crippen LogP contribution in [0.4, 0.5) is 0 Å². The number of nitrogens with zero attached hydrogens (tertiary/aromatic N) is 1. The van der Waals surface area contributed by atoms with Crippen molar-refractivity contribution in [2.45, 2.75) is 31.6 Å². The summed E-state index contributed by atoms with van der Waals surface area (Å²) in [5, 5.41) is 14.8. The van der Waals surface area contributed by atoms with Gasteiger partial charge in [0.1, 0.15) is 6.04 Å². The SMILES string of the molecule is CC1(C)CN(C(=O)C2CNC(=O)CN2)CC(CO)O1. The Bertz CT molecular complexity index is 362. The Morgan fingerprint density at radius 1 is 1.58 bits per heavy atom. The van der Waals surface area contributed by atoms with Gasteiger partial charge in [0.15, 0.2) is 0 Å². The number of ether oxygens (including phenoxy) is 1. The third kappa shape index (κ3) is 3.43. The zero-order valence-electron chi connectivity index (χ0n) is 11.3. The first-order valence-corrected chi connectivity index (χ1v) is 6.49. The molecule has 0 spiro atoms. The van der Waals surface area contributed by atoms with Crippen LogP contribution in [0.2, 0.25) is 0 Å². The first kappa shape index (κ1) is 14.2. The van der Waals surface area contributed by atoms with Gasteiger partial charge in [0.25, 0.3) is 0 Å². The van der Waals surface area contributed by atoms with E-state index in [0.29, 0.717) is 19.6 Å². The number of amides is 2. The van der Waals surface area contributed by atoms with Crippen LogP contribution in [0.1, 0.15) is 13.8 Å². The Morgan fingerprint density at radius 3 is 2.89 bits per heavy atom. The van der Waals surface area contributed by atoms with Crippen LogP contribution >= 0.6 is 0 Å². The van der Waals surface area contributed by atoms with E-state index in [-0.39, 0.29) is 31.1 Å². The summed E-state index contributed by atoms with van der Waals surface area (Å²) >= 11 is 0. The summed E-state index contributed by atoms with van der Waals surface area (Å²) in [6, 6.07) is -0.397. The molecule has 2 unspecified atom stereocenters. The van der Waals surface area contributed by atoms with Crippen LogP contribution < -0.4 is 10.6 Å². The number of aliphatic hydroxyl groups excluding tert-OH is 1. The maximum absolute atomic E-state index is 12.4. The van der Waals surface area contributed by atoms with Crippen LogP contribution in [-0.4, -0.2) is 72.4 Å². The topological polar surface area (TPSA) is 90.9 Å². The van der Waals surface area contributed by atoms with Gasteiger partial charge in [-0.2, -0.15) is 0 Å². The molecule has 2 saturated heterocycles. The minimum Gasteiger partial charge on any atom is -0.394 e. The van der Waals surface area contributed by atoms with E-state index < -0.39 is 11.6 Å². The van der Waals surface area contributed by atoms with Crippen LogP contribution in [0.3, 0.4) is 0 Å². The van der Waals surface area contributed by atoms with E-state index >= 15 is 0 Å². The zero-order valence-corrected chi connectivity index (χ0v) is 11.3. The van der Waals surface area contributed by atoms with Crippen LogP contribution in [-0.2, 0) is 14.3 Å². The number of morpholine rings is 1. The Hall–Kier alpha value is -1.18. The predicted octanol–water partition coefficient (Wildman–Crippen LogP) is -1.93. The van der Waals surface area contributed by atoms with E-state index in [9.17, 15) is 14.7 Å². The third-order valence-electron chi connectivity index (χ3n) is 3.31. The fourth-order valence-electron chi connectivity index (χ4n) is 2.52. The molecule has 0 aromatic heterocycles. The Kier molecular flexibility index (Phi) is 4.07. The summed E-state index contributed by atoms with van der Waals surface area (Å²) in [6.07, 6.45) is -0.356. The van der Waals surface area contributed by atoms with Crippen molar-refractivity contribution in [3.05, 3.63) is 0 Å². The Morgan fingerprint density at radius 2 is 2.32 bits per heavy atom. The predicted molar refractivity (Wildman–Crippen MR) is 67.4 cm³/mol. The number of nitrogens with one attached hydrogen (secondary N) is 2. The average molecular weight is 271 g/mol. The van der Waals surface area contributed by atoms with E-state index in [1.807, 2.05) is 13.8 Å². The minimum absolute atomic E-state index is 0.0603. The van der Waals surface area contributed by atoms with Gasteiger partial charge in [0.2, 0.25) is 11.8 Å². The quantitative estimate of drug-likeness (QED) is 0.544. The molecule has 0 aromatic carbocycles. The molecule has 3 N–H and O–H groups in total. The van der Waals surface area contributed by atoms with E-state index in [2.05, 4.69) is 10.6 Å². The van der Waals surface area contributed by atoms with Gasteiger partial charge < -0.3 is 20.1 Å². The highest BCUT2D eigenvalue weighted by atomic mass is 16.5. The van der Waals surface area contributed by atoms with Crippen molar-refractivity contribution in [1.29, 1.82) is 0 Å². The second kappa shape index (κ2) is 5.44. The number of hydrogen-bond acceptors (Lipinski definition) is 5. The van der Waals surface area contributed by atoms with E-state index in [4.69, 9.17) is 4.74 Å². The van der Waals surface area contributed by atoms with Gasteiger partial charge in [-0.15, -0.1) is 0 Å². The fraction of sp³-hybridized carbons (Fsp3) is 0.833. The molecule has 0 radical (unpaired) electrons. The van der Waals surface area contributed by atoms with Crippen molar-refractivity contribution < 1.29 is 19.4 Å². The number of hydrogen-bond donors (Lipinski definition) is 3. The van der Waals surface area contributed by atoms with Gasteiger partial charge in [-0.1, -0.05) is 0 Å². The highest BCUT2D eigenvalue weighted by Crippen LogP contribution is 2.21. The van der Waals surface area contributed by atoms with Crippen molar-refractivity contribution in [2.75, 3.05) is 32.8 Å². The maximum atomic E-state index is 12.4. The second-order valence-corrected chi connectivity index (χ2v) is 5.64. The molecule has 108 valence electrons. The van der Waals surface area contributed by atoms with Crippen LogP contribution in [0.25, 0.3) is 0 Å². The van der Waals surface area contributed by atoms with Crippen molar-refractivity contribution in [2.24, 2.45) is 0 Å². The van der Waals surface area contributed by atoms with E-state index in [0.717, 1.165) is 0 Å². The lowest BCUT2D eigenvalue weighted by molar-refractivity contribution is -0.168. The first-order valence-electron chi connectivity index (χ1n) is 6.49. The molecule has 2 heterocycles. The zero-order chi connectivity index (χ0) is 14.0. The summed E-state index contributed by atoms with van der Waals surface area (Å²) in [6.45, 7) is 5.00. The van der Waals surface area contributed by atoms with Gasteiger partial charge in [0, 0.05) is 19.6 Å². The van der Waals surface area contributed by atoms with Gasteiger partial charge in [-0.25, -0.2) is 0 Å². The highest BCUT2D eigenvalue weighted by Gasteiger charge is 2.38. The van der Waals surface area contributed by atoms with E-state index in [1.165, 1.54) is 0 Å². The number of carbonyl (C=O) groups excluding carboxylic acids is 2. The molecule has 0 bridgehead atoms. The lowest BCUT2D eigenvalue weighted by Crippen LogP contribution is -2.63. The average Bonchev–Trinajstić information content (AvgIpc) is 2.37. The molecule has 0 saturated carbocycles. The molecule has 2 aliphatic heterocycles. The molecular weight excluding hydrogens is 250 g/mol. The number of piperazine rings is 1. The highest BCUT2D eigenvalue weighted by molar-refractivity contribution is 5.86. The molecule has 2 atom stereocenters. The lowest BCUT2D eigenvalue weighted by Gasteiger charge is -2.43. The normalized spacial score (nSPS) is 30.9. The molecular formula is C12H21N3O4. The van der Waals surface area contributed by atoms with Crippen molar-refractivity contribution >= 4 is 11.8 Å². The second-order valence-electron chi connectivity index (χ2n) is 5.64. The molecule has 7 nitrogen and oxygen atoms in total. The maximum Gasteiger partial charge on any atom is 0.241 e.